The predicted molar refractivity (Wildman–Crippen MR) is 270 cm³/mol. The maximum Gasteiger partial charge on any atom is 0.306 e. The Morgan fingerprint density at radius 3 is 1.13 bits per heavy atom. The van der Waals surface area contributed by atoms with Gasteiger partial charge in [-0.1, -0.05) is 201 Å². The van der Waals surface area contributed by atoms with E-state index in [1.54, 1.807) is 0 Å². The smallest absolute Gasteiger partial charge is 0.306 e. The van der Waals surface area contributed by atoms with Gasteiger partial charge >= 0.3 is 17.9 Å². The van der Waals surface area contributed by atoms with Gasteiger partial charge in [0, 0.05) is 19.3 Å². The molecule has 0 heterocycles. The Kier molecular flexibility index (Phi) is 48.0. The molecule has 1 unspecified atom stereocenters. The molecule has 0 aromatic heterocycles. The molecule has 0 fully saturated rings. The molecule has 0 radical (unpaired) electrons. The van der Waals surface area contributed by atoms with Gasteiger partial charge in [-0.3, -0.25) is 14.4 Å². The van der Waals surface area contributed by atoms with Crippen molar-refractivity contribution < 1.29 is 28.6 Å². The summed E-state index contributed by atoms with van der Waals surface area (Å²) in [6.07, 6.45) is 66.8. The number of esters is 3. The Labute approximate surface area is 387 Å². The van der Waals surface area contributed by atoms with Crippen LogP contribution in [0.5, 0.6) is 0 Å². The van der Waals surface area contributed by atoms with Gasteiger partial charge in [0.25, 0.3) is 0 Å². The van der Waals surface area contributed by atoms with E-state index in [2.05, 4.69) is 118 Å². The van der Waals surface area contributed by atoms with Crippen molar-refractivity contribution in [3.8, 4) is 0 Å². The second-order valence-corrected chi connectivity index (χ2v) is 16.7. The van der Waals surface area contributed by atoms with Crippen LogP contribution in [-0.4, -0.2) is 37.2 Å². The minimum atomic E-state index is -0.812. The molecule has 6 heteroatoms. The fourth-order valence-electron chi connectivity index (χ4n) is 6.69. The molecule has 358 valence electrons. The van der Waals surface area contributed by atoms with Crippen molar-refractivity contribution in [3.63, 3.8) is 0 Å². The van der Waals surface area contributed by atoms with E-state index < -0.39 is 6.10 Å². The third kappa shape index (κ3) is 49.2. The zero-order chi connectivity index (χ0) is 45.8. The molecule has 0 N–H and O–H groups in total. The number of unbranched alkanes of at least 4 members (excludes halogenated alkanes) is 20. The Morgan fingerprint density at radius 1 is 0.349 bits per heavy atom. The van der Waals surface area contributed by atoms with Crippen LogP contribution in [0.2, 0.25) is 0 Å². The van der Waals surface area contributed by atoms with E-state index in [0.717, 1.165) is 122 Å². The van der Waals surface area contributed by atoms with Crippen LogP contribution < -0.4 is 0 Å². The fraction of sp³-hybridized carbons (Fsp3) is 0.667. The SMILES string of the molecule is CC/C=C\C/C=C\C/C=C\C/C=C\CCCCCC(=O)OC(COC(=O)CCCCC/C=C\C=C/CCCC)COC(=O)CCCCCCC/C=C\C=C/CCCCCCCCC. The quantitative estimate of drug-likeness (QED) is 0.0199. The zero-order valence-electron chi connectivity index (χ0n) is 40.8. The van der Waals surface area contributed by atoms with Crippen molar-refractivity contribution in [2.24, 2.45) is 0 Å². The van der Waals surface area contributed by atoms with Crippen molar-refractivity contribution in [1.29, 1.82) is 0 Å². The summed E-state index contributed by atoms with van der Waals surface area (Å²) in [6, 6.07) is 0. The van der Waals surface area contributed by atoms with Crippen molar-refractivity contribution in [1.82, 2.24) is 0 Å². The average Bonchev–Trinajstić information content (AvgIpc) is 3.28. The first-order valence-corrected chi connectivity index (χ1v) is 25.8. The molecular weight excluding hydrogens is 781 g/mol. The molecule has 0 spiro atoms. The van der Waals surface area contributed by atoms with Gasteiger partial charge in [-0.25, -0.2) is 0 Å². The van der Waals surface area contributed by atoms with E-state index in [9.17, 15) is 14.4 Å². The highest BCUT2D eigenvalue weighted by atomic mass is 16.6. The molecule has 0 aromatic carbocycles. The lowest BCUT2D eigenvalue weighted by Gasteiger charge is -2.18. The molecule has 0 aromatic rings. The topological polar surface area (TPSA) is 78.9 Å². The molecule has 63 heavy (non-hydrogen) atoms. The number of hydrogen-bond acceptors (Lipinski definition) is 6. The number of carbonyl (C=O) groups excluding carboxylic acids is 3. The molecular formula is C57H94O6. The minimum Gasteiger partial charge on any atom is -0.462 e. The molecule has 0 saturated carbocycles. The molecule has 0 aliphatic heterocycles. The second-order valence-electron chi connectivity index (χ2n) is 16.7. The summed E-state index contributed by atoms with van der Waals surface area (Å²) < 4.78 is 16.7. The van der Waals surface area contributed by atoms with E-state index in [1.165, 1.54) is 64.2 Å². The number of allylic oxidation sites excluding steroid dienone is 16. The Bertz CT molecular complexity index is 1280. The molecule has 0 rings (SSSR count). The molecule has 0 saturated heterocycles. The maximum atomic E-state index is 12.8. The van der Waals surface area contributed by atoms with Crippen LogP contribution in [0.25, 0.3) is 0 Å². The van der Waals surface area contributed by atoms with Gasteiger partial charge in [-0.05, 0) is 103 Å². The third-order valence-corrected chi connectivity index (χ3v) is 10.6. The highest BCUT2D eigenvalue weighted by Gasteiger charge is 2.19. The lowest BCUT2D eigenvalue weighted by atomic mass is 10.1. The van der Waals surface area contributed by atoms with E-state index >= 15 is 0 Å². The summed E-state index contributed by atoms with van der Waals surface area (Å²) in [5.41, 5.74) is 0. The minimum absolute atomic E-state index is 0.108. The van der Waals surface area contributed by atoms with Gasteiger partial charge in [0.15, 0.2) is 6.10 Å². The highest BCUT2D eigenvalue weighted by molar-refractivity contribution is 5.71. The van der Waals surface area contributed by atoms with Crippen LogP contribution in [0.1, 0.15) is 226 Å². The van der Waals surface area contributed by atoms with Crippen LogP contribution in [0.3, 0.4) is 0 Å². The summed E-state index contributed by atoms with van der Waals surface area (Å²) in [6.45, 7) is 6.39. The number of carbonyl (C=O) groups is 3. The number of hydrogen-bond donors (Lipinski definition) is 0. The highest BCUT2D eigenvalue weighted by Crippen LogP contribution is 2.12. The van der Waals surface area contributed by atoms with Crippen LogP contribution in [0.4, 0.5) is 0 Å². The lowest BCUT2D eigenvalue weighted by molar-refractivity contribution is -0.167. The molecule has 0 bridgehead atoms. The first-order valence-electron chi connectivity index (χ1n) is 25.8. The molecule has 0 amide bonds. The Hall–Kier alpha value is -3.67. The monoisotopic (exact) mass is 875 g/mol. The second kappa shape index (κ2) is 51.0. The predicted octanol–water partition coefficient (Wildman–Crippen LogP) is 17.0. The van der Waals surface area contributed by atoms with Crippen molar-refractivity contribution in [2.45, 2.75) is 232 Å². The Morgan fingerprint density at radius 2 is 0.683 bits per heavy atom. The summed E-state index contributed by atoms with van der Waals surface area (Å²) in [4.78, 5) is 37.9. The van der Waals surface area contributed by atoms with Gasteiger partial charge in [-0.15, -0.1) is 0 Å². The number of ether oxygens (including phenoxy) is 3. The standard InChI is InChI=1S/C57H94O6/c1-4-7-10-13-16-19-22-24-26-28-29-31-32-35-38-41-44-47-50-56(59)62-53-54(52-61-55(58)49-46-43-40-37-34-21-18-15-12-9-6-3)63-57(60)51-48-45-42-39-36-33-30-27-25-23-20-17-14-11-8-5-2/h8,11,15,17-18,20-21,25-29,31,33-34,36,54H,4-7,9-10,12-14,16,19,22-24,30,32,35,37-53H2,1-3H3/b11-8-,18-15-,20-17-,27-25-,28-26-,31-29-,34-21-,36-33-. The van der Waals surface area contributed by atoms with E-state index in [-0.39, 0.29) is 37.5 Å². The normalized spacial score (nSPS) is 12.9. The largest absolute Gasteiger partial charge is 0.462 e. The van der Waals surface area contributed by atoms with Crippen molar-refractivity contribution in [3.05, 3.63) is 97.2 Å². The molecule has 0 aliphatic rings. The van der Waals surface area contributed by atoms with Crippen LogP contribution in [0.15, 0.2) is 97.2 Å². The van der Waals surface area contributed by atoms with E-state index in [0.29, 0.717) is 12.8 Å². The Balaban J connectivity index is 4.48. The van der Waals surface area contributed by atoms with Gasteiger partial charge in [0.05, 0.1) is 0 Å². The molecule has 6 nitrogen and oxygen atoms in total. The van der Waals surface area contributed by atoms with Crippen LogP contribution >= 0.6 is 0 Å². The van der Waals surface area contributed by atoms with E-state index in [4.69, 9.17) is 14.2 Å². The van der Waals surface area contributed by atoms with Crippen molar-refractivity contribution >= 4 is 17.9 Å². The summed E-state index contributed by atoms with van der Waals surface area (Å²) in [5.74, 6) is -0.987. The van der Waals surface area contributed by atoms with Gasteiger partial charge in [-0.2, -0.15) is 0 Å². The zero-order valence-corrected chi connectivity index (χ0v) is 40.8. The maximum absolute atomic E-state index is 12.8. The summed E-state index contributed by atoms with van der Waals surface area (Å²) in [5, 5.41) is 0. The van der Waals surface area contributed by atoms with Crippen LogP contribution in [-0.2, 0) is 28.6 Å². The average molecular weight is 875 g/mol. The number of rotatable bonds is 45. The first-order chi connectivity index (χ1) is 31.0. The van der Waals surface area contributed by atoms with E-state index in [1.807, 2.05) is 0 Å². The fourth-order valence-corrected chi connectivity index (χ4v) is 6.69. The summed E-state index contributed by atoms with van der Waals surface area (Å²) in [7, 11) is 0. The van der Waals surface area contributed by atoms with Crippen molar-refractivity contribution in [2.75, 3.05) is 13.2 Å². The van der Waals surface area contributed by atoms with Gasteiger partial charge in [0.2, 0.25) is 0 Å². The van der Waals surface area contributed by atoms with Gasteiger partial charge < -0.3 is 14.2 Å². The molecule has 0 aliphatic carbocycles. The lowest BCUT2D eigenvalue weighted by Crippen LogP contribution is -2.30. The first kappa shape index (κ1) is 59.3. The van der Waals surface area contributed by atoms with Gasteiger partial charge in [0.1, 0.15) is 13.2 Å². The van der Waals surface area contributed by atoms with Crippen LogP contribution in [0, 0.1) is 0 Å². The summed E-state index contributed by atoms with van der Waals surface area (Å²) >= 11 is 0. The molecule has 1 atom stereocenters. The third-order valence-electron chi connectivity index (χ3n) is 10.6.